The minimum absolute atomic E-state index is 0.289. The van der Waals surface area contributed by atoms with E-state index >= 15 is 0 Å². The van der Waals surface area contributed by atoms with E-state index < -0.39 is 6.29 Å². The largest absolute Gasteiger partial charge is 0.364 e. The second-order valence-corrected chi connectivity index (χ2v) is 3.37. The molecule has 0 bridgehead atoms. The first kappa shape index (κ1) is 12.4. The van der Waals surface area contributed by atoms with E-state index in [2.05, 4.69) is 0 Å². The molecule has 0 aliphatic heterocycles. The molecule has 0 saturated carbocycles. The van der Waals surface area contributed by atoms with Gasteiger partial charge in [0.25, 0.3) is 0 Å². The fourth-order valence-corrected chi connectivity index (χ4v) is 1.62. The van der Waals surface area contributed by atoms with Gasteiger partial charge in [-0.1, -0.05) is 12.2 Å². The maximum Gasteiger partial charge on any atom is 0.179 e. The zero-order valence-corrected chi connectivity index (χ0v) is 9.40. The third-order valence-corrected chi connectivity index (χ3v) is 2.49. The maximum absolute atomic E-state index is 9.44. The second kappa shape index (κ2) is 6.02. The molecule has 4 heteroatoms. The highest BCUT2D eigenvalue weighted by molar-refractivity contribution is 5.26. The molecule has 0 saturated heterocycles. The van der Waals surface area contributed by atoms with Gasteiger partial charge in [-0.05, 0) is 24.0 Å². The lowest BCUT2D eigenvalue weighted by Gasteiger charge is -2.22. The van der Waals surface area contributed by atoms with Crippen molar-refractivity contribution in [3.63, 3.8) is 0 Å². The standard InChI is InChI=1S/C11H18O4/c1-13-10(12)8-4-6-9(7-5-8)11(14-2)15-3/h4,6,10-12H,5,7H2,1-3H3. The van der Waals surface area contributed by atoms with Gasteiger partial charge >= 0.3 is 0 Å². The summed E-state index contributed by atoms with van der Waals surface area (Å²) in [5, 5.41) is 9.44. The Balaban J connectivity index is 2.66. The van der Waals surface area contributed by atoms with Crippen molar-refractivity contribution in [2.24, 2.45) is 0 Å². The molecule has 0 radical (unpaired) electrons. The van der Waals surface area contributed by atoms with E-state index in [0.717, 1.165) is 24.0 Å². The molecule has 0 aromatic carbocycles. The van der Waals surface area contributed by atoms with E-state index in [1.54, 1.807) is 14.2 Å². The summed E-state index contributed by atoms with van der Waals surface area (Å²) in [5.41, 5.74) is 1.96. The molecule has 1 rings (SSSR count). The first-order valence-electron chi connectivity index (χ1n) is 4.89. The molecule has 1 N–H and O–H groups in total. The van der Waals surface area contributed by atoms with Crippen molar-refractivity contribution in [1.29, 1.82) is 0 Å². The van der Waals surface area contributed by atoms with E-state index in [0.29, 0.717) is 0 Å². The van der Waals surface area contributed by atoms with E-state index in [4.69, 9.17) is 14.2 Å². The smallest absolute Gasteiger partial charge is 0.179 e. The number of methoxy groups -OCH3 is 3. The number of aliphatic hydroxyl groups excluding tert-OH is 1. The molecule has 4 nitrogen and oxygen atoms in total. The summed E-state index contributed by atoms with van der Waals surface area (Å²) in [7, 11) is 4.70. The summed E-state index contributed by atoms with van der Waals surface area (Å²) in [6.07, 6.45) is 4.27. The monoisotopic (exact) mass is 214 g/mol. The van der Waals surface area contributed by atoms with Crippen LogP contribution in [0.2, 0.25) is 0 Å². The van der Waals surface area contributed by atoms with Crippen LogP contribution in [0, 0.1) is 0 Å². The zero-order valence-electron chi connectivity index (χ0n) is 9.40. The van der Waals surface area contributed by atoms with Gasteiger partial charge in [-0.25, -0.2) is 0 Å². The van der Waals surface area contributed by atoms with Gasteiger partial charge in [-0.3, -0.25) is 0 Å². The summed E-state index contributed by atoms with van der Waals surface area (Å²) in [5.74, 6) is 0. The average Bonchev–Trinajstić information content (AvgIpc) is 2.30. The van der Waals surface area contributed by atoms with Crippen LogP contribution in [0.3, 0.4) is 0 Å². The summed E-state index contributed by atoms with van der Waals surface area (Å²) in [4.78, 5) is 0. The van der Waals surface area contributed by atoms with Crippen LogP contribution in [0.25, 0.3) is 0 Å². The van der Waals surface area contributed by atoms with Crippen molar-refractivity contribution < 1.29 is 19.3 Å². The molecular formula is C11H18O4. The van der Waals surface area contributed by atoms with Crippen LogP contribution in [0.1, 0.15) is 12.8 Å². The Bertz CT molecular complexity index is 253. The molecule has 0 amide bonds. The van der Waals surface area contributed by atoms with Crippen molar-refractivity contribution in [3.05, 3.63) is 23.3 Å². The molecule has 0 heterocycles. The topological polar surface area (TPSA) is 47.9 Å². The van der Waals surface area contributed by atoms with Crippen LogP contribution in [-0.4, -0.2) is 39.0 Å². The van der Waals surface area contributed by atoms with E-state index in [1.165, 1.54) is 7.11 Å². The Kier molecular flexibility index (Phi) is 4.98. The number of hydrogen-bond acceptors (Lipinski definition) is 4. The zero-order chi connectivity index (χ0) is 11.3. The molecule has 15 heavy (non-hydrogen) atoms. The number of ether oxygens (including phenoxy) is 3. The summed E-state index contributed by atoms with van der Waals surface area (Å²) < 4.78 is 15.1. The summed E-state index contributed by atoms with van der Waals surface area (Å²) >= 11 is 0. The van der Waals surface area contributed by atoms with Gasteiger partial charge in [0.05, 0.1) is 0 Å². The van der Waals surface area contributed by atoms with Crippen molar-refractivity contribution in [2.75, 3.05) is 21.3 Å². The number of rotatable bonds is 5. The van der Waals surface area contributed by atoms with Crippen molar-refractivity contribution >= 4 is 0 Å². The molecule has 0 aromatic heterocycles. The highest BCUT2D eigenvalue weighted by Gasteiger charge is 2.18. The fourth-order valence-electron chi connectivity index (χ4n) is 1.62. The molecule has 0 spiro atoms. The summed E-state index contributed by atoms with van der Waals surface area (Å²) in [6.45, 7) is 0. The molecule has 1 unspecified atom stereocenters. The molecule has 1 atom stereocenters. The van der Waals surface area contributed by atoms with E-state index in [1.807, 2.05) is 12.2 Å². The Morgan fingerprint density at radius 3 is 1.93 bits per heavy atom. The van der Waals surface area contributed by atoms with Gasteiger partial charge in [0.1, 0.15) is 0 Å². The van der Waals surface area contributed by atoms with Gasteiger partial charge in [0.2, 0.25) is 0 Å². The third-order valence-electron chi connectivity index (χ3n) is 2.49. The minimum Gasteiger partial charge on any atom is -0.364 e. The van der Waals surface area contributed by atoms with Gasteiger partial charge in [-0.2, -0.15) is 0 Å². The van der Waals surface area contributed by atoms with E-state index in [-0.39, 0.29) is 6.29 Å². The van der Waals surface area contributed by atoms with Crippen LogP contribution >= 0.6 is 0 Å². The van der Waals surface area contributed by atoms with Crippen LogP contribution in [0.5, 0.6) is 0 Å². The maximum atomic E-state index is 9.44. The highest BCUT2D eigenvalue weighted by atomic mass is 16.7. The minimum atomic E-state index is -0.800. The number of allylic oxidation sites excluding steroid dienone is 2. The predicted octanol–water partition coefficient (Wildman–Crippen LogP) is 1.22. The van der Waals surface area contributed by atoms with Crippen LogP contribution in [-0.2, 0) is 14.2 Å². The lowest BCUT2D eigenvalue weighted by Crippen LogP contribution is -2.20. The molecule has 1 aliphatic rings. The van der Waals surface area contributed by atoms with Gasteiger partial charge < -0.3 is 19.3 Å². The molecule has 86 valence electrons. The molecule has 0 aromatic rings. The van der Waals surface area contributed by atoms with Gasteiger partial charge in [0, 0.05) is 21.3 Å². The van der Waals surface area contributed by atoms with Crippen LogP contribution < -0.4 is 0 Å². The Morgan fingerprint density at radius 1 is 1.00 bits per heavy atom. The highest BCUT2D eigenvalue weighted by Crippen LogP contribution is 2.24. The summed E-state index contributed by atoms with van der Waals surface area (Å²) in [6, 6.07) is 0. The Labute approximate surface area is 90.1 Å². The van der Waals surface area contributed by atoms with Crippen molar-refractivity contribution in [2.45, 2.75) is 25.4 Å². The van der Waals surface area contributed by atoms with Crippen molar-refractivity contribution in [1.82, 2.24) is 0 Å². The lowest BCUT2D eigenvalue weighted by molar-refractivity contribution is -0.0777. The fraction of sp³-hybridized carbons (Fsp3) is 0.636. The normalized spacial score (nSPS) is 18.7. The number of aliphatic hydroxyl groups is 1. The first-order valence-corrected chi connectivity index (χ1v) is 4.89. The van der Waals surface area contributed by atoms with Gasteiger partial charge in [-0.15, -0.1) is 0 Å². The molecule has 1 aliphatic carbocycles. The Hall–Kier alpha value is -0.680. The van der Waals surface area contributed by atoms with E-state index in [9.17, 15) is 5.11 Å². The SMILES string of the molecule is COC(O)C1=CC=C(C(OC)OC)CC1. The Morgan fingerprint density at radius 2 is 1.53 bits per heavy atom. The third kappa shape index (κ3) is 3.14. The lowest BCUT2D eigenvalue weighted by atomic mass is 9.97. The molecule has 0 fully saturated rings. The number of hydrogen-bond donors (Lipinski definition) is 1. The van der Waals surface area contributed by atoms with Crippen molar-refractivity contribution in [3.8, 4) is 0 Å². The predicted molar refractivity (Wildman–Crippen MR) is 56.2 cm³/mol. The second-order valence-electron chi connectivity index (χ2n) is 3.37. The van der Waals surface area contributed by atoms with Crippen LogP contribution in [0.15, 0.2) is 23.3 Å². The van der Waals surface area contributed by atoms with Crippen LogP contribution in [0.4, 0.5) is 0 Å². The van der Waals surface area contributed by atoms with Gasteiger partial charge in [0.15, 0.2) is 12.6 Å². The molecular weight excluding hydrogens is 196 g/mol. The quantitative estimate of drug-likeness (QED) is 0.699. The average molecular weight is 214 g/mol. The first-order chi connectivity index (χ1) is 7.22.